The number of aromatic nitrogens is 2. The number of hydrogen-bond acceptors (Lipinski definition) is 4. The number of furan rings is 1. The summed E-state index contributed by atoms with van der Waals surface area (Å²) < 4.78 is 8.66. The molecule has 8 heteroatoms. The van der Waals surface area contributed by atoms with E-state index in [4.69, 9.17) is 4.42 Å². The Hall–Kier alpha value is -2.19. The van der Waals surface area contributed by atoms with Gasteiger partial charge >= 0.3 is 0 Å². The van der Waals surface area contributed by atoms with Crippen LogP contribution < -0.4 is 5.43 Å². The molecule has 1 aromatic carbocycles. The molecule has 6 nitrogen and oxygen atoms in total. The van der Waals surface area contributed by atoms with Crippen LogP contribution in [0.15, 0.2) is 61.1 Å². The maximum absolute atomic E-state index is 12.2. The van der Waals surface area contributed by atoms with Gasteiger partial charge in [-0.3, -0.25) is 9.48 Å². The van der Waals surface area contributed by atoms with Crippen LogP contribution in [-0.2, 0) is 6.54 Å². The molecule has 0 saturated carbocycles. The first-order chi connectivity index (χ1) is 12.0. The largest absolute Gasteiger partial charge is 0.460 e. The number of hydrazone groups is 1. The highest BCUT2D eigenvalue weighted by Gasteiger charge is 2.15. The van der Waals surface area contributed by atoms with Crippen LogP contribution in [0.5, 0.6) is 0 Å². The average Bonchev–Trinajstić information content (AvgIpc) is 3.15. The van der Waals surface area contributed by atoms with Gasteiger partial charge < -0.3 is 4.42 Å². The molecule has 0 radical (unpaired) electrons. The summed E-state index contributed by atoms with van der Waals surface area (Å²) in [6.45, 7) is 2.40. The fourth-order valence-electron chi connectivity index (χ4n) is 2.14. The van der Waals surface area contributed by atoms with Gasteiger partial charge in [0.1, 0.15) is 11.5 Å². The summed E-state index contributed by atoms with van der Waals surface area (Å²) in [7, 11) is 0. The number of hydrogen-bond donors (Lipinski definition) is 1. The molecule has 0 aliphatic carbocycles. The molecule has 1 N–H and O–H groups in total. The molecule has 0 spiro atoms. The van der Waals surface area contributed by atoms with Crippen molar-refractivity contribution in [2.45, 2.75) is 13.5 Å². The Bertz CT molecular complexity index is 913. The Labute approximate surface area is 161 Å². The number of aryl methyl sites for hydroxylation is 1. The van der Waals surface area contributed by atoms with Gasteiger partial charge in [-0.15, -0.1) is 0 Å². The van der Waals surface area contributed by atoms with E-state index in [0.717, 1.165) is 15.8 Å². The fourth-order valence-corrected chi connectivity index (χ4v) is 2.90. The van der Waals surface area contributed by atoms with Crippen molar-refractivity contribution in [3.05, 3.63) is 74.3 Å². The Morgan fingerprint density at radius 3 is 2.72 bits per heavy atom. The molecule has 0 atom stereocenters. The zero-order valence-electron chi connectivity index (χ0n) is 13.2. The third kappa shape index (κ3) is 4.67. The Morgan fingerprint density at radius 1 is 1.28 bits per heavy atom. The minimum absolute atomic E-state index is 0.268. The standard InChI is InChI=1S/C17H14Br2N4O2/c1-11-2-7-14(25-11)8-20-21-17(24)16-15(19)10-23(22-16)9-12-3-5-13(18)6-4-12/h2-8,10H,9H2,1H3,(H,21,24)/b20-8-. The zero-order chi connectivity index (χ0) is 17.8. The van der Waals surface area contributed by atoms with Crippen molar-refractivity contribution in [3.63, 3.8) is 0 Å². The number of nitrogens with one attached hydrogen (secondary N) is 1. The minimum Gasteiger partial charge on any atom is -0.460 e. The first-order valence-corrected chi connectivity index (χ1v) is 8.97. The molecule has 0 unspecified atom stereocenters. The van der Waals surface area contributed by atoms with Gasteiger partial charge in [-0.1, -0.05) is 28.1 Å². The molecule has 0 aliphatic rings. The van der Waals surface area contributed by atoms with E-state index < -0.39 is 5.91 Å². The summed E-state index contributed by atoms with van der Waals surface area (Å²) >= 11 is 6.77. The second kappa shape index (κ2) is 7.79. The quantitative estimate of drug-likeness (QED) is 0.455. The molecule has 0 aliphatic heterocycles. The normalized spacial score (nSPS) is 11.2. The van der Waals surface area contributed by atoms with E-state index in [1.807, 2.05) is 37.3 Å². The number of carbonyl (C=O) groups is 1. The zero-order valence-corrected chi connectivity index (χ0v) is 16.4. The van der Waals surface area contributed by atoms with E-state index in [0.29, 0.717) is 16.8 Å². The van der Waals surface area contributed by atoms with Crippen LogP contribution in [0.25, 0.3) is 0 Å². The minimum atomic E-state index is -0.402. The van der Waals surface area contributed by atoms with Crippen molar-refractivity contribution < 1.29 is 9.21 Å². The number of amides is 1. The van der Waals surface area contributed by atoms with Crippen molar-refractivity contribution in [2.75, 3.05) is 0 Å². The summed E-state index contributed by atoms with van der Waals surface area (Å²) in [5.41, 5.74) is 3.79. The summed E-state index contributed by atoms with van der Waals surface area (Å²) in [5.74, 6) is 0.945. The SMILES string of the molecule is Cc1ccc(/C=N\NC(=O)c2nn(Cc3ccc(Br)cc3)cc2Br)o1. The van der Waals surface area contributed by atoms with Gasteiger partial charge in [-0.2, -0.15) is 10.2 Å². The van der Waals surface area contributed by atoms with Crippen LogP contribution in [0, 0.1) is 6.92 Å². The predicted molar refractivity (Wildman–Crippen MR) is 102 cm³/mol. The van der Waals surface area contributed by atoms with Gasteiger partial charge in [0, 0.05) is 10.7 Å². The molecule has 2 heterocycles. The van der Waals surface area contributed by atoms with Gasteiger partial charge in [0.2, 0.25) is 0 Å². The van der Waals surface area contributed by atoms with Crippen molar-refractivity contribution >= 4 is 44.0 Å². The predicted octanol–water partition coefficient (Wildman–Crippen LogP) is 4.12. The lowest BCUT2D eigenvalue weighted by Gasteiger charge is -2.01. The van der Waals surface area contributed by atoms with Crippen LogP contribution in [0.4, 0.5) is 0 Å². The molecule has 128 valence electrons. The first kappa shape index (κ1) is 17.6. The lowest BCUT2D eigenvalue weighted by molar-refractivity contribution is 0.0948. The average molecular weight is 466 g/mol. The maximum Gasteiger partial charge on any atom is 0.293 e. The lowest BCUT2D eigenvalue weighted by atomic mass is 10.2. The Balaban J connectivity index is 1.65. The number of rotatable bonds is 5. The third-order valence-electron chi connectivity index (χ3n) is 3.31. The third-order valence-corrected chi connectivity index (χ3v) is 4.42. The second-order valence-electron chi connectivity index (χ2n) is 5.30. The Kier molecular flexibility index (Phi) is 5.50. The monoisotopic (exact) mass is 464 g/mol. The lowest BCUT2D eigenvalue weighted by Crippen LogP contribution is -2.19. The van der Waals surface area contributed by atoms with Crippen molar-refractivity contribution in [1.29, 1.82) is 0 Å². The Morgan fingerprint density at radius 2 is 2.04 bits per heavy atom. The van der Waals surface area contributed by atoms with Gasteiger partial charge in [0.05, 0.1) is 17.2 Å². The molecule has 25 heavy (non-hydrogen) atoms. The second-order valence-corrected chi connectivity index (χ2v) is 7.07. The van der Waals surface area contributed by atoms with E-state index >= 15 is 0 Å². The van der Waals surface area contributed by atoms with E-state index in [1.165, 1.54) is 6.21 Å². The first-order valence-electron chi connectivity index (χ1n) is 7.38. The molecular weight excluding hydrogens is 452 g/mol. The molecular formula is C17H14Br2N4O2. The highest BCUT2D eigenvalue weighted by molar-refractivity contribution is 9.10. The van der Waals surface area contributed by atoms with Crippen molar-refractivity contribution in [2.24, 2.45) is 5.10 Å². The van der Waals surface area contributed by atoms with E-state index in [-0.39, 0.29) is 5.69 Å². The number of benzene rings is 1. The van der Waals surface area contributed by atoms with E-state index in [1.54, 1.807) is 16.9 Å². The molecule has 2 aromatic heterocycles. The van der Waals surface area contributed by atoms with Gasteiger partial charge in [0.15, 0.2) is 5.69 Å². The highest BCUT2D eigenvalue weighted by atomic mass is 79.9. The number of halogens is 2. The van der Waals surface area contributed by atoms with Crippen LogP contribution in [-0.4, -0.2) is 21.9 Å². The van der Waals surface area contributed by atoms with Crippen LogP contribution in [0.3, 0.4) is 0 Å². The van der Waals surface area contributed by atoms with Crippen LogP contribution in [0.2, 0.25) is 0 Å². The van der Waals surface area contributed by atoms with Gasteiger partial charge in [-0.05, 0) is 52.7 Å². The smallest absolute Gasteiger partial charge is 0.293 e. The van der Waals surface area contributed by atoms with Crippen LogP contribution in [0.1, 0.15) is 27.6 Å². The molecule has 1 amide bonds. The molecule has 0 saturated heterocycles. The van der Waals surface area contributed by atoms with Gasteiger partial charge in [0.25, 0.3) is 5.91 Å². The van der Waals surface area contributed by atoms with Crippen LogP contribution >= 0.6 is 31.9 Å². The number of nitrogens with zero attached hydrogens (tertiary/aromatic N) is 3. The molecule has 0 fully saturated rings. The van der Waals surface area contributed by atoms with Crippen molar-refractivity contribution in [3.8, 4) is 0 Å². The fraction of sp³-hybridized carbons (Fsp3) is 0.118. The molecule has 3 rings (SSSR count). The summed E-state index contributed by atoms with van der Waals surface area (Å²) in [4.78, 5) is 12.2. The molecule has 3 aromatic rings. The van der Waals surface area contributed by atoms with Crippen molar-refractivity contribution in [1.82, 2.24) is 15.2 Å². The maximum atomic E-state index is 12.2. The summed E-state index contributed by atoms with van der Waals surface area (Å²) in [6, 6.07) is 11.5. The summed E-state index contributed by atoms with van der Waals surface area (Å²) in [6.07, 6.45) is 3.20. The van der Waals surface area contributed by atoms with Gasteiger partial charge in [-0.25, -0.2) is 5.43 Å². The van der Waals surface area contributed by atoms with E-state index in [2.05, 4.69) is 47.5 Å². The molecule has 0 bridgehead atoms. The summed E-state index contributed by atoms with van der Waals surface area (Å²) in [5, 5.41) is 8.19. The number of carbonyl (C=O) groups excluding carboxylic acids is 1. The highest BCUT2D eigenvalue weighted by Crippen LogP contribution is 2.17. The van der Waals surface area contributed by atoms with E-state index in [9.17, 15) is 4.79 Å². The topological polar surface area (TPSA) is 72.4 Å².